The standard InChI is InChI=1S/C15H14ClN3O/c16-13-5-2-1-4-11(13)10-20-14-6-3-7-19-12(8-17)9-18-15(14)19/h1-7,9H,8,10,17H2. The average Bonchev–Trinajstić information content (AvgIpc) is 2.90. The average molecular weight is 288 g/mol. The first-order valence-electron chi connectivity index (χ1n) is 6.31. The lowest BCUT2D eigenvalue weighted by Crippen LogP contribution is -2.02. The Bertz CT molecular complexity index is 739. The van der Waals surface area contributed by atoms with Gasteiger partial charge in [0.2, 0.25) is 0 Å². The molecule has 3 rings (SSSR count). The largest absolute Gasteiger partial charge is 0.485 e. The van der Waals surface area contributed by atoms with Crippen LogP contribution in [-0.2, 0) is 13.2 Å². The molecule has 0 aliphatic rings. The van der Waals surface area contributed by atoms with Gasteiger partial charge in [0, 0.05) is 23.3 Å². The van der Waals surface area contributed by atoms with Gasteiger partial charge in [-0.15, -0.1) is 0 Å². The number of rotatable bonds is 4. The zero-order valence-electron chi connectivity index (χ0n) is 10.8. The molecule has 0 saturated heterocycles. The Labute approximate surface area is 121 Å². The molecule has 4 nitrogen and oxygen atoms in total. The van der Waals surface area contributed by atoms with E-state index in [0.717, 1.165) is 16.9 Å². The Morgan fingerprint density at radius 3 is 2.85 bits per heavy atom. The Morgan fingerprint density at radius 2 is 2.05 bits per heavy atom. The first-order chi connectivity index (χ1) is 9.79. The Kier molecular flexibility index (Phi) is 3.58. The molecule has 102 valence electrons. The van der Waals surface area contributed by atoms with Gasteiger partial charge < -0.3 is 10.5 Å². The smallest absolute Gasteiger partial charge is 0.179 e. The van der Waals surface area contributed by atoms with E-state index in [2.05, 4.69) is 4.98 Å². The summed E-state index contributed by atoms with van der Waals surface area (Å²) in [6.07, 6.45) is 3.69. The predicted octanol–water partition coefficient (Wildman–Crippen LogP) is 3.03. The van der Waals surface area contributed by atoms with Gasteiger partial charge in [0.1, 0.15) is 6.61 Å². The van der Waals surface area contributed by atoms with Crippen molar-refractivity contribution in [2.24, 2.45) is 5.73 Å². The molecule has 2 N–H and O–H groups in total. The quantitative estimate of drug-likeness (QED) is 0.802. The number of fused-ring (bicyclic) bond motifs is 1. The van der Waals surface area contributed by atoms with Crippen molar-refractivity contribution in [3.05, 3.63) is 65.1 Å². The molecule has 0 spiro atoms. The number of imidazole rings is 1. The monoisotopic (exact) mass is 287 g/mol. The van der Waals surface area contributed by atoms with Gasteiger partial charge in [-0.1, -0.05) is 29.8 Å². The van der Waals surface area contributed by atoms with E-state index in [4.69, 9.17) is 22.1 Å². The normalized spacial score (nSPS) is 10.9. The number of hydrogen-bond acceptors (Lipinski definition) is 3. The van der Waals surface area contributed by atoms with Crippen LogP contribution >= 0.6 is 11.6 Å². The van der Waals surface area contributed by atoms with Crippen LogP contribution in [0.25, 0.3) is 5.65 Å². The molecule has 0 atom stereocenters. The van der Waals surface area contributed by atoms with Crippen molar-refractivity contribution in [3.63, 3.8) is 0 Å². The second-order valence-electron chi connectivity index (χ2n) is 4.40. The van der Waals surface area contributed by atoms with Gasteiger partial charge in [0.05, 0.1) is 11.9 Å². The molecule has 5 heteroatoms. The van der Waals surface area contributed by atoms with Crippen LogP contribution in [0.5, 0.6) is 5.75 Å². The number of ether oxygens (including phenoxy) is 1. The molecule has 0 radical (unpaired) electrons. The van der Waals surface area contributed by atoms with Crippen molar-refractivity contribution in [2.45, 2.75) is 13.2 Å². The lowest BCUT2D eigenvalue weighted by Gasteiger charge is -2.09. The number of nitrogens with two attached hydrogens (primary N) is 1. The van der Waals surface area contributed by atoms with E-state index in [0.29, 0.717) is 23.9 Å². The zero-order valence-corrected chi connectivity index (χ0v) is 11.5. The van der Waals surface area contributed by atoms with Crippen molar-refractivity contribution in [3.8, 4) is 5.75 Å². The summed E-state index contributed by atoms with van der Waals surface area (Å²) >= 11 is 6.12. The molecule has 0 fully saturated rings. The summed E-state index contributed by atoms with van der Waals surface area (Å²) in [5.74, 6) is 0.715. The fourth-order valence-electron chi connectivity index (χ4n) is 2.07. The van der Waals surface area contributed by atoms with E-state index in [1.54, 1.807) is 6.20 Å². The minimum atomic E-state index is 0.407. The van der Waals surface area contributed by atoms with Crippen molar-refractivity contribution >= 4 is 17.2 Å². The second kappa shape index (κ2) is 5.53. The summed E-state index contributed by atoms with van der Waals surface area (Å²) in [5, 5.41) is 0.699. The lowest BCUT2D eigenvalue weighted by atomic mass is 10.2. The molecule has 0 unspecified atom stereocenters. The predicted molar refractivity (Wildman–Crippen MR) is 78.9 cm³/mol. The third-order valence-electron chi connectivity index (χ3n) is 3.13. The fraction of sp³-hybridized carbons (Fsp3) is 0.133. The molecule has 2 heterocycles. The van der Waals surface area contributed by atoms with Crippen molar-refractivity contribution in [2.75, 3.05) is 0 Å². The van der Waals surface area contributed by atoms with E-state index < -0.39 is 0 Å². The highest BCUT2D eigenvalue weighted by Gasteiger charge is 2.08. The summed E-state index contributed by atoms with van der Waals surface area (Å²) < 4.78 is 7.77. The zero-order chi connectivity index (χ0) is 13.9. The molecule has 20 heavy (non-hydrogen) atoms. The third kappa shape index (κ3) is 2.35. The Morgan fingerprint density at radius 1 is 1.20 bits per heavy atom. The highest BCUT2D eigenvalue weighted by molar-refractivity contribution is 6.31. The first kappa shape index (κ1) is 13.0. The van der Waals surface area contributed by atoms with Crippen LogP contribution in [0.1, 0.15) is 11.3 Å². The van der Waals surface area contributed by atoms with Crippen LogP contribution in [0.3, 0.4) is 0 Å². The van der Waals surface area contributed by atoms with E-state index in [-0.39, 0.29) is 0 Å². The van der Waals surface area contributed by atoms with Gasteiger partial charge in [-0.3, -0.25) is 4.40 Å². The molecule has 0 amide bonds. The summed E-state index contributed by atoms with van der Waals surface area (Å²) in [4.78, 5) is 4.35. The van der Waals surface area contributed by atoms with Crippen molar-refractivity contribution < 1.29 is 4.74 Å². The number of aromatic nitrogens is 2. The molecule has 1 aromatic carbocycles. The van der Waals surface area contributed by atoms with Gasteiger partial charge in [-0.05, 0) is 18.2 Å². The topological polar surface area (TPSA) is 52.5 Å². The van der Waals surface area contributed by atoms with Crippen LogP contribution in [0, 0.1) is 0 Å². The third-order valence-corrected chi connectivity index (χ3v) is 3.50. The number of hydrogen-bond donors (Lipinski definition) is 1. The molecule has 0 aliphatic heterocycles. The summed E-state index contributed by atoms with van der Waals surface area (Å²) in [7, 11) is 0. The maximum absolute atomic E-state index is 6.12. The van der Waals surface area contributed by atoms with Gasteiger partial charge in [-0.2, -0.15) is 0 Å². The minimum Gasteiger partial charge on any atom is -0.485 e. The molecular formula is C15H14ClN3O. The van der Waals surface area contributed by atoms with E-state index in [1.807, 2.05) is 47.0 Å². The van der Waals surface area contributed by atoms with Gasteiger partial charge >= 0.3 is 0 Å². The van der Waals surface area contributed by atoms with E-state index >= 15 is 0 Å². The Hall–Kier alpha value is -2.04. The van der Waals surface area contributed by atoms with Crippen LogP contribution < -0.4 is 10.5 Å². The molecule has 0 bridgehead atoms. The number of nitrogens with zero attached hydrogens (tertiary/aromatic N) is 2. The van der Waals surface area contributed by atoms with Crippen molar-refractivity contribution in [1.29, 1.82) is 0 Å². The van der Waals surface area contributed by atoms with Crippen LogP contribution in [0.4, 0.5) is 0 Å². The number of pyridine rings is 1. The van der Waals surface area contributed by atoms with Gasteiger partial charge in [0.25, 0.3) is 0 Å². The first-order valence-corrected chi connectivity index (χ1v) is 6.68. The van der Waals surface area contributed by atoms with E-state index in [1.165, 1.54) is 0 Å². The maximum Gasteiger partial charge on any atom is 0.179 e. The Balaban J connectivity index is 1.88. The molecule has 0 aliphatic carbocycles. The summed E-state index contributed by atoms with van der Waals surface area (Å²) in [6.45, 7) is 0.847. The molecule has 3 aromatic rings. The molecule has 2 aromatic heterocycles. The maximum atomic E-state index is 6.12. The van der Waals surface area contributed by atoms with Crippen LogP contribution in [-0.4, -0.2) is 9.38 Å². The summed E-state index contributed by atoms with van der Waals surface area (Å²) in [5.41, 5.74) is 8.33. The SMILES string of the molecule is NCc1cnc2c(OCc3ccccc3Cl)cccn12. The van der Waals surface area contributed by atoms with Crippen molar-refractivity contribution in [1.82, 2.24) is 9.38 Å². The highest BCUT2D eigenvalue weighted by atomic mass is 35.5. The second-order valence-corrected chi connectivity index (χ2v) is 4.81. The van der Waals surface area contributed by atoms with Crippen LogP contribution in [0.2, 0.25) is 5.02 Å². The minimum absolute atomic E-state index is 0.407. The highest BCUT2D eigenvalue weighted by Crippen LogP contribution is 2.22. The summed E-state index contributed by atoms with van der Waals surface area (Å²) in [6, 6.07) is 11.4. The fourth-order valence-corrected chi connectivity index (χ4v) is 2.26. The molecule has 0 saturated carbocycles. The van der Waals surface area contributed by atoms with Gasteiger partial charge in [-0.25, -0.2) is 4.98 Å². The van der Waals surface area contributed by atoms with E-state index in [9.17, 15) is 0 Å². The number of halogens is 1. The molecular weight excluding hydrogens is 274 g/mol. The number of benzene rings is 1. The lowest BCUT2D eigenvalue weighted by molar-refractivity contribution is 0.308. The van der Waals surface area contributed by atoms with Gasteiger partial charge in [0.15, 0.2) is 11.4 Å². The van der Waals surface area contributed by atoms with Crippen LogP contribution in [0.15, 0.2) is 48.8 Å².